The van der Waals surface area contributed by atoms with Gasteiger partial charge in [-0.25, -0.2) is 13.6 Å². The standard InChI is InChI=1S/C16H25N3O4S2/c1-12-8-13(9-17)10-19(12)16(20)11-24-7-6-23-14-2-4-15(5-3-14)25(18,21)22/h2-5,12-13H,6-11,17H2,1H3,(H2,18,21,22). The van der Waals surface area contributed by atoms with Gasteiger partial charge in [-0.05, 0) is 50.1 Å². The van der Waals surface area contributed by atoms with E-state index in [1.165, 1.54) is 23.9 Å². The number of rotatable bonds is 8. The number of carbonyl (C=O) groups is 1. The molecule has 0 aromatic heterocycles. The van der Waals surface area contributed by atoms with Crippen LogP contribution in [0.3, 0.4) is 0 Å². The first-order chi connectivity index (χ1) is 11.8. The van der Waals surface area contributed by atoms with Gasteiger partial charge in [-0.2, -0.15) is 0 Å². The second kappa shape index (κ2) is 8.88. The third-order valence-corrected chi connectivity index (χ3v) is 6.02. The molecule has 1 aromatic carbocycles. The monoisotopic (exact) mass is 387 g/mol. The molecule has 25 heavy (non-hydrogen) atoms. The highest BCUT2D eigenvalue weighted by Crippen LogP contribution is 2.23. The van der Waals surface area contributed by atoms with Gasteiger partial charge in [-0.15, -0.1) is 11.8 Å². The molecule has 9 heteroatoms. The first kappa shape index (κ1) is 20.0. The summed E-state index contributed by atoms with van der Waals surface area (Å²) >= 11 is 1.52. The third kappa shape index (κ3) is 5.88. The molecule has 1 aliphatic heterocycles. The van der Waals surface area contributed by atoms with Crippen LogP contribution in [0.25, 0.3) is 0 Å². The smallest absolute Gasteiger partial charge is 0.238 e. The van der Waals surface area contributed by atoms with Gasteiger partial charge in [0.15, 0.2) is 0 Å². The number of amides is 1. The van der Waals surface area contributed by atoms with E-state index in [1.807, 2.05) is 4.90 Å². The maximum absolute atomic E-state index is 12.2. The number of likely N-dealkylation sites (tertiary alicyclic amines) is 1. The highest BCUT2D eigenvalue weighted by molar-refractivity contribution is 7.99. The Morgan fingerprint density at radius 1 is 1.36 bits per heavy atom. The second-order valence-corrected chi connectivity index (χ2v) is 8.82. The zero-order valence-electron chi connectivity index (χ0n) is 14.3. The average molecular weight is 388 g/mol. The minimum Gasteiger partial charge on any atom is -0.493 e. The molecule has 7 nitrogen and oxygen atoms in total. The van der Waals surface area contributed by atoms with E-state index in [2.05, 4.69) is 6.92 Å². The topological polar surface area (TPSA) is 116 Å². The predicted molar refractivity (Wildman–Crippen MR) is 99.0 cm³/mol. The molecule has 1 amide bonds. The molecule has 140 valence electrons. The SMILES string of the molecule is CC1CC(CN)CN1C(=O)CSCCOc1ccc(S(N)(=O)=O)cc1. The number of thioether (sulfide) groups is 1. The molecule has 0 radical (unpaired) electrons. The lowest BCUT2D eigenvalue weighted by atomic mass is 10.1. The first-order valence-electron chi connectivity index (χ1n) is 8.14. The number of benzene rings is 1. The average Bonchev–Trinajstić information content (AvgIpc) is 2.95. The van der Waals surface area contributed by atoms with Crippen LogP contribution in [-0.2, 0) is 14.8 Å². The number of hydrogen-bond acceptors (Lipinski definition) is 6. The van der Waals surface area contributed by atoms with Crippen LogP contribution in [0.15, 0.2) is 29.2 Å². The lowest BCUT2D eigenvalue weighted by molar-refractivity contribution is -0.128. The van der Waals surface area contributed by atoms with Crippen molar-refractivity contribution in [1.82, 2.24) is 4.90 Å². The van der Waals surface area contributed by atoms with Crippen molar-refractivity contribution in [1.29, 1.82) is 0 Å². The van der Waals surface area contributed by atoms with Gasteiger partial charge in [0.05, 0.1) is 17.3 Å². The molecule has 2 unspecified atom stereocenters. The molecule has 1 heterocycles. The number of nitrogens with zero attached hydrogens (tertiary/aromatic N) is 1. The summed E-state index contributed by atoms with van der Waals surface area (Å²) in [6.45, 7) is 3.88. The van der Waals surface area contributed by atoms with Crippen molar-refractivity contribution in [2.75, 3.05) is 31.2 Å². The van der Waals surface area contributed by atoms with Crippen LogP contribution in [-0.4, -0.2) is 56.5 Å². The lowest BCUT2D eigenvalue weighted by Gasteiger charge is -2.21. The predicted octanol–water partition coefficient (Wildman–Crippen LogP) is 0.642. The van der Waals surface area contributed by atoms with Crippen molar-refractivity contribution in [3.63, 3.8) is 0 Å². The molecule has 4 N–H and O–H groups in total. The molecular formula is C16H25N3O4S2. The van der Waals surface area contributed by atoms with Crippen molar-refractivity contribution < 1.29 is 17.9 Å². The normalized spacial score (nSPS) is 20.7. The molecule has 0 saturated carbocycles. The van der Waals surface area contributed by atoms with Crippen LogP contribution in [0, 0.1) is 5.92 Å². The van der Waals surface area contributed by atoms with Gasteiger partial charge in [-0.3, -0.25) is 4.79 Å². The Bertz CT molecular complexity index is 679. The van der Waals surface area contributed by atoms with Crippen molar-refractivity contribution in [2.45, 2.75) is 24.3 Å². The Kier molecular flexibility index (Phi) is 7.12. The Balaban J connectivity index is 1.67. The summed E-state index contributed by atoms with van der Waals surface area (Å²) < 4.78 is 27.9. The molecule has 0 spiro atoms. The van der Waals surface area contributed by atoms with Crippen molar-refractivity contribution >= 4 is 27.7 Å². The summed E-state index contributed by atoms with van der Waals surface area (Å²) in [5, 5.41) is 5.04. The van der Waals surface area contributed by atoms with Gasteiger partial charge >= 0.3 is 0 Å². The number of hydrogen-bond donors (Lipinski definition) is 2. The fraction of sp³-hybridized carbons (Fsp3) is 0.562. The fourth-order valence-electron chi connectivity index (χ4n) is 2.85. The van der Waals surface area contributed by atoms with Crippen LogP contribution < -0.4 is 15.6 Å². The largest absolute Gasteiger partial charge is 0.493 e. The van der Waals surface area contributed by atoms with Crippen LogP contribution in [0.1, 0.15) is 13.3 Å². The van der Waals surface area contributed by atoms with Crippen LogP contribution >= 0.6 is 11.8 Å². The van der Waals surface area contributed by atoms with Crippen LogP contribution in [0.5, 0.6) is 5.75 Å². The zero-order valence-corrected chi connectivity index (χ0v) is 15.9. The number of nitrogens with two attached hydrogens (primary N) is 2. The summed E-state index contributed by atoms with van der Waals surface area (Å²) in [6.07, 6.45) is 0.977. The molecule has 1 aliphatic rings. The highest BCUT2D eigenvalue weighted by Gasteiger charge is 2.31. The van der Waals surface area contributed by atoms with Gasteiger partial charge in [-0.1, -0.05) is 0 Å². The van der Waals surface area contributed by atoms with Crippen LogP contribution in [0.4, 0.5) is 0 Å². The summed E-state index contributed by atoms with van der Waals surface area (Å²) in [5.41, 5.74) is 5.69. The molecule has 0 aliphatic carbocycles. The Morgan fingerprint density at radius 3 is 2.60 bits per heavy atom. The van der Waals surface area contributed by atoms with Crippen molar-refractivity contribution in [2.24, 2.45) is 16.8 Å². The molecule has 2 rings (SSSR count). The second-order valence-electron chi connectivity index (χ2n) is 6.15. The van der Waals surface area contributed by atoms with E-state index < -0.39 is 10.0 Å². The van der Waals surface area contributed by atoms with E-state index in [1.54, 1.807) is 12.1 Å². The molecule has 1 saturated heterocycles. The first-order valence-corrected chi connectivity index (χ1v) is 10.8. The van der Waals surface area contributed by atoms with E-state index in [0.717, 1.165) is 13.0 Å². The number of ether oxygens (including phenoxy) is 1. The minimum atomic E-state index is -3.69. The third-order valence-electron chi connectivity index (χ3n) is 4.19. The van der Waals surface area contributed by atoms with Crippen LogP contribution in [0.2, 0.25) is 0 Å². The van der Waals surface area contributed by atoms with E-state index in [0.29, 0.717) is 36.3 Å². The summed E-state index contributed by atoms with van der Waals surface area (Å²) in [7, 11) is -3.69. The molecule has 2 atom stereocenters. The lowest BCUT2D eigenvalue weighted by Crippen LogP contribution is -2.35. The Morgan fingerprint density at radius 2 is 2.04 bits per heavy atom. The molecule has 0 bridgehead atoms. The van der Waals surface area contributed by atoms with Crippen molar-refractivity contribution in [3.05, 3.63) is 24.3 Å². The summed E-state index contributed by atoms with van der Waals surface area (Å²) in [6, 6.07) is 6.20. The molecule has 1 aromatic rings. The molecular weight excluding hydrogens is 362 g/mol. The molecule has 1 fully saturated rings. The van der Waals surface area contributed by atoms with Crippen molar-refractivity contribution in [3.8, 4) is 5.75 Å². The Labute approximate surface area is 153 Å². The number of primary sulfonamides is 1. The maximum atomic E-state index is 12.2. The summed E-state index contributed by atoms with van der Waals surface area (Å²) in [5.74, 6) is 2.22. The Hall–Kier alpha value is -1.29. The maximum Gasteiger partial charge on any atom is 0.238 e. The number of sulfonamides is 1. The number of carbonyl (C=O) groups excluding carboxylic acids is 1. The highest BCUT2D eigenvalue weighted by atomic mass is 32.2. The van der Waals surface area contributed by atoms with Gasteiger partial charge in [0.1, 0.15) is 5.75 Å². The summed E-state index contributed by atoms with van der Waals surface area (Å²) in [4.78, 5) is 14.2. The minimum absolute atomic E-state index is 0.0512. The van der Waals surface area contributed by atoms with Gasteiger partial charge in [0, 0.05) is 18.3 Å². The zero-order chi connectivity index (χ0) is 18.4. The van der Waals surface area contributed by atoms with E-state index in [-0.39, 0.29) is 16.8 Å². The quantitative estimate of drug-likeness (QED) is 0.633. The van der Waals surface area contributed by atoms with E-state index >= 15 is 0 Å². The van der Waals surface area contributed by atoms with E-state index in [4.69, 9.17) is 15.6 Å². The fourth-order valence-corrected chi connectivity index (χ4v) is 4.05. The van der Waals surface area contributed by atoms with Gasteiger partial charge in [0.25, 0.3) is 0 Å². The van der Waals surface area contributed by atoms with E-state index in [9.17, 15) is 13.2 Å². The van der Waals surface area contributed by atoms with Gasteiger partial charge < -0.3 is 15.4 Å². The van der Waals surface area contributed by atoms with Gasteiger partial charge in [0.2, 0.25) is 15.9 Å².